The van der Waals surface area contributed by atoms with Crippen molar-refractivity contribution in [1.29, 1.82) is 0 Å². The number of hydrogen-bond acceptors (Lipinski definition) is 6. The van der Waals surface area contributed by atoms with Crippen molar-refractivity contribution in [1.82, 2.24) is 9.99 Å². The molecule has 6 nitrogen and oxygen atoms in total. The molecule has 1 aliphatic heterocycles. The third-order valence-electron chi connectivity index (χ3n) is 3.84. The lowest BCUT2D eigenvalue weighted by atomic mass is 10.2. The van der Waals surface area contributed by atoms with Crippen LogP contribution in [0.5, 0.6) is 11.5 Å². The van der Waals surface area contributed by atoms with Gasteiger partial charge in [-0.05, 0) is 24.3 Å². The highest BCUT2D eigenvalue weighted by molar-refractivity contribution is 5.84. The average Bonchev–Trinajstić information content (AvgIpc) is 2.62. The van der Waals surface area contributed by atoms with Crippen molar-refractivity contribution in [2.75, 3.05) is 38.2 Å². The zero-order valence-electron chi connectivity index (χ0n) is 13.1. The quantitative estimate of drug-likeness (QED) is 0.875. The van der Waals surface area contributed by atoms with Crippen molar-refractivity contribution in [2.45, 2.75) is 0 Å². The Labute approximate surface area is 135 Å². The van der Waals surface area contributed by atoms with Crippen LogP contribution in [0, 0.1) is 0 Å². The van der Waals surface area contributed by atoms with Crippen LogP contribution >= 0.6 is 0 Å². The zero-order valence-corrected chi connectivity index (χ0v) is 13.1. The number of aromatic nitrogens is 1. The summed E-state index contributed by atoms with van der Waals surface area (Å²) in [4.78, 5) is 6.62. The molecule has 0 aliphatic carbocycles. The van der Waals surface area contributed by atoms with Crippen molar-refractivity contribution in [3.8, 4) is 11.5 Å². The first-order chi connectivity index (χ1) is 11.3. The largest absolute Gasteiger partial charge is 0.504 e. The fourth-order valence-electron chi connectivity index (χ4n) is 2.53. The Morgan fingerprint density at radius 2 is 1.96 bits per heavy atom. The molecule has 120 valence electrons. The van der Waals surface area contributed by atoms with Crippen LogP contribution in [-0.2, 0) is 0 Å². The van der Waals surface area contributed by atoms with Crippen LogP contribution in [-0.4, -0.2) is 54.6 Å². The van der Waals surface area contributed by atoms with Gasteiger partial charge in [-0.1, -0.05) is 12.1 Å². The highest BCUT2D eigenvalue weighted by Gasteiger charge is 2.16. The van der Waals surface area contributed by atoms with Crippen LogP contribution in [0.1, 0.15) is 5.56 Å². The maximum atomic E-state index is 10.1. The highest BCUT2D eigenvalue weighted by atomic mass is 16.5. The minimum absolute atomic E-state index is 0.117. The number of nitrogens with zero attached hydrogens (tertiary/aromatic N) is 4. The second kappa shape index (κ2) is 7.00. The third-order valence-corrected chi connectivity index (χ3v) is 3.84. The molecule has 0 atom stereocenters. The van der Waals surface area contributed by atoms with Crippen LogP contribution in [0.15, 0.2) is 47.7 Å². The van der Waals surface area contributed by atoms with E-state index in [0.29, 0.717) is 11.3 Å². The van der Waals surface area contributed by atoms with E-state index in [1.54, 1.807) is 12.3 Å². The molecule has 1 aromatic heterocycles. The summed E-state index contributed by atoms with van der Waals surface area (Å²) in [6.07, 6.45) is 3.49. The molecule has 1 N–H and O–H groups in total. The molecule has 1 aliphatic rings. The predicted octanol–water partition coefficient (Wildman–Crippen LogP) is 1.95. The lowest BCUT2D eigenvalue weighted by molar-refractivity contribution is 0.271. The number of hydrazone groups is 1. The van der Waals surface area contributed by atoms with Crippen LogP contribution in [0.3, 0.4) is 0 Å². The van der Waals surface area contributed by atoms with E-state index in [-0.39, 0.29) is 5.75 Å². The average molecular weight is 312 g/mol. The van der Waals surface area contributed by atoms with Crippen molar-refractivity contribution in [2.24, 2.45) is 5.10 Å². The number of methoxy groups -OCH3 is 1. The van der Waals surface area contributed by atoms with Gasteiger partial charge in [0.05, 0.1) is 26.4 Å². The van der Waals surface area contributed by atoms with E-state index < -0.39 is 0 Å². The number of pyridine rings is 1. The van der Waals surface area contributed by atoms with Gasteiger partial charge >= 0.3 is 0 Å². The lowest BCUT2D eigenvalue weighted by Crippen LogP contribution is -2.44. The number of rotatable bonds is 4. The van der Waals surface area contributed by atoms with E-state index in [9.17, 15) is 5.11 Å². The smallest absolute Gasteiger partial charge is 0.166 e. The topological polar surface area (TPSA) is 61.2 Å². The predicted molar refractivity (Wildman–Crippen MR) is 90.3 cm³/mol. The Morgan fingerprint density at radius 3 is 2.65 bits per heavy atom. The molecule has 0 radical (unpaired) electrons. The van der Waals surface area contributed by atoms with E-state index in [0.717, 1.165) is 32.0 Å². The molecule has 0 spiro atoms. The van der Waals surface area contributed by atoms with Crippen molar-refractivity contribution in [3.63, 3.8) is 0 Å². The Hall–Kier alpha value is -2.76. The molecule has 1 aromatic carbocycles. The Balaban J connectivity index is 1.61. The summed E-state index contributed by atoms with van der Waals surface area (Å²) in [5, 5.41) is 16.5. The second-order valence-corrected chi connectivity index (χ2v) is 5.27. The molecule has 1 saturated heterocycles. The van der Waals surface area contributed by atoms with Gasteiger partial charge < -0.3 is 14.7 Å². The number of phenols is 1. The standard InChI is InChI=1S/C17H20N4O2/c1-23-15-6-4-5-14(17(15)22)13-19-21-11-9-20(10-12-21)16-7-2-3-8-18-16/h2-8,13,22H,9-12H2,1H3/b19-13+. The van der Waals surface area contributed by atoms with Crippen molar-refractivity contribution < 1.29 is 9.84 Å². The first kappa shape index (κ1) is 15.1. The van der Waals surface area contributed by atoms with Gasteiger partial charge in [0, 0.05) is 24.8 Å². The fraction of sp³-hybridized carbons (Fsp3) is 0.294. The number of phenolic OH excluding ortho intramolecular Hbond substituents is 1. The van der Waals surface area contributed by atoms with Crippen LogP contribution in [0.2, 0.25) is 0 Å². The van der Waals surface area contributed by atoms with Crippen LogP contribution in [0.4, 0.5) is 5.82 Å². The third kappa shape index (κ3) is 3.53. The molecule has 0 saturated carbocycles. The van der Waals surface area contributed by atoms with Gasteiger partial charge in [-0.25, -0.2) is 4.98 Å². The summed E-state index contributed by atoms with van der Waals surface area (Å²) in [5.74, 6) is 1.57. The van der Waals surface area contributed by atoms with Gasteiger partial charge in [0.25, 0.3) is 0 Å². The minimum atomic E-state index is 0.117. The van der Waals surface area contributed by atoms with Crippen LogP contribution < -0.4 is 9.64 Å². The maximum absolute atomic E-state index is 10.1. The first-order valence-corrected chi connectivity index (χ1v) is 7.59. The molecule has 6 heteroatoms. The summed E-state index contributed by atoms with van der Waals surface area (Å²) in [6, 6.07) is 11.3. The Morgan fingerprint density at radius 1 is 1.13 bits per heavy atom. The first-order valence-electron chi connectivity index (χ1n) is 7.59. The number of anilines is 1. The van der Waals surface area contributed by atoms with Gasteiger partial charge in [0.1, 0.15) is 5.82 Å². The zero-order chi connectivity index (χ0) is 16.1. The van der Waals surface area contributed by atoms with Crippen LogP contribution in [0.25, 0.3) is 0 Å². The van der Waals surface area contributed by atoms with E-state index in [1.165, 1.54) is 7.11 Å². The lowest BCUT2D eigenvalue weighted by Gasteiger charge is -2.33. The molecule has 0 unspecified atom stereocenters. The number of aromatic hydroxyl groups is 1. The fourth-order valence-corrected chi connectivity index (χ4v) is 2.53. The number of hydrogen-bond donors (Lipinski definition) is 1. The molecule has 2 aromatic rings. The van der Waals surface area contributed by atoms with E-state index in [2.05, 4.69) is 15.0 Å². The Bertz CT molecular complexity index is 668. The normalized spacial score (nSPS) is 15.2. The number of piperazine rings is 1. The summed E-state index contributed by atoms with van der Waals surface area (Å²) < 4.78 is 5.10. The van der Waals surface area contributed by atoms with Gasteiger partial charge in [-0.3, -0.25) is 5.01 Å². The summed E-state index contributed by atoms with van der Waals surface area (Å²) >= 11 is 0. The van der Waals surface area contributed by atoms with Crippen molar-refractivity contribution >= 4 is 12.0 Å². The summed E-state index contributed by atoms with van der Waals surface area (Å²) in [6.45, 7) is 3.38. The molecular formula is C17H20N4O2. The Kier molecular flexibility index (Phi) is 4.61. The van der Waals surface area contributed by atoms with Crippen molar-refractivity contribution in [3.05, 3.63) is 48.2 Å². The molecule has 1 fully saturated rings. The van der Waals surface area contributed by atoms with Gasteiger partial charge in [-0.15, -0.1) is 0 Å². The highest BCUT2D eigenvalue weighted by Crippen LogP contribution is 2.28. The van der Waals surface area contributed by atoms with Gasteiger partial charge in [-0.2, -0.15) is 5.10 Å². The second-order valence-electron chi connectivity index (χ2n) is 5.27. The minimum Gasteiger partial charge on any atom is -0.504 e. The van der Waals surface area contributed by atoms with E-state index in [4.69, 9.17) is 4.74 Å². The maximum Gasteiger partial charge on any atom is 0.166 e. The number of ether oxygens (including phenoxy) is 1. The molecule has 0 amide bonds. The molecule has 3 rings (SSSR count). The monoisotopic (exact) mass is 312 g/mol. The summed E-state index contributed by atoms with van der Waals surface area (Å²) in [5.41, 5.74) is 0.650. The number of benzene rings is 1. The molecule has 2 heterocycles. The van der Waals surface area contributed by atoms with Gasteiger partial charge in [0.2, 0.25) is 0 Å². The van der Waals surface area contributed by atoms with E-state index >= 15 is 0 Å². The molecular weight excluding hydrogens is 292 g/mol. The summed E-state index contributed by atoms with van der Waals surface area (Å²) in [7, 11) is 1.53. The number of para-hydroxylation sites is 1. The SMILES string of the molecule is COc1cccc(/C=N/N2CCN(c3ccccn3)CC2)c1O. The van der Waals surface area contributed by atoms with Gasteiger partial charge in [0.15, 0.2) is 11.5 Å². The van der Waals surface area contributed by atoms with E-state index in [1.807, 2.05) is 41.5 Å². The molecule has 0 bridgehead atoms. The molecule has 23 heavy (non-hydrogen) atoms.